The minimum atomic E-state index is -0.00905. The summed E-state index contributed by atoms with van der Waals surface area (Å²) in [6, 6.07) is 14.2. The maximum Gasteiger partial charge on any atom is 0.136 e. The molecular formula is C21H21ClO2. The van der Waals surface area contributed by atoms with Gasteiger partial charge in [-0.15, -0.1) is 0 Å². The summed E-state index contributed by atoms with van der Waals surface area (Å²) in [5.74, 6) is 1.47. The first-order valence-corrected chi connectivity index (χ1v) is 9.05. The first-order valence-electron chi connectivity index (χ1n) is 8.68. The fourth-order valence-corrected chi connectivity index (χ4v) is 4.04. The van der Waals surface area contributed by atoms with Crippen molar-refractivity contribution < 1.29 is 9.52 Å². The molecule has 1 heterocycles. The topological polar surface area (TPSA) is 33.4 Å². The molecule has 1 N–H and O–H groups in total. The van der Waals surface area contributed by atoms with Gasteiger partial charge in [-0.2, -0.15) is 0 Å². The van der Waals surface area contributed by atoms with Gasteiger partial charge < -0.3 is 9.52 Å². The van der Waals surface area contributed by atoms with E-state index in [1.54, 1.807) is 6.07 Å². The smallest absolute Gasteiger partial charge is 0.136 e. The summed E-state index contributed by atoms with van der Waals surface area (Å²) in [5, 5.41) is 10.9. The van der Waals surface area contributed by atoms with Crippen LogP contribution in [-0.2, 0) is 6.61 Å². The van der Waals surface area contributed by atoms with Crippen molar-refractivity contribution in [3.8, 4) is 11.3 Å². The lowest BCUT2D eigenvalue weighted by Gasteiger charge is -2.21. The summed E-state index contributed by atoms with van der Waals surface area (Å²) in [5.41, 5.74) is 3.99. The van der Waals surface area contributed by atoms with E-state index in [1.165, 1.54) is 37.7 Å². The van der Waals surface area contributed by atoms with Crippen molar-refractivity contribution in [3.05, 3.63) is 58.6 Å². The Labute approximate surface area is 147 Å². The molecule has 2 nitrogen and oxygen atoms in total. The molecule has 4 rings (SSSR count). The van der Waals surface area contributed by atoms with Crippen LogP contribution in [0.1, 0.15) is 49.1 Å². The molecule has 24 heavy (non-hydrogen) atoms. The fraction of sp³-hybridized carbons (Fsp3) is 0.333. The van der Waals surface area contributed by atoms with Crippen molar-refractivity contribution in [1.29, 1.82) is 0 Å². The zero-order chi connectivity index (χ0) is 16.5. The average Bonchev–Trinajstić information content (AvgIpc) is 3.05. The van der Waals surface area contributed by atoms with E-state index in [0.29, 0.717) is 10.9 Å². The largest absolute Gasteiger partial charge is 0.456 e. The molecule has 1 aliphatic carbocycles. The van der Waals surface area contributed by atoms with Crippen molar-refractivity contribution in [2.45, 2.75) is 44.6 Å². The number of aliphatic hydroxyl groups excluding tert-OH is 1. The monoisotopic (exact) mass is 340 g/mol. The second kappa shape index (κ2) is 6.62. The fourth-order valence-electron chi connectivity index (χ4n) is 3.74. The van der Waals surface area contributed by atoms with Gasteiger partial charge in [0, 0.05) is 10.9 Å². The third kappa shape index (κ3) is 2.97. The lowest BCUT2D eigenvalue weighted by molar-refractivity contribution is 0.282. The third-order valence-electron chi connectivity index (χ3n) is 5.10. The zero-order valence-electron chi connectivity index (χ0n) is 13.6. The molecule has 0 radical (unpaired) electrons. The summed E-state index contributed by atoms with van der Waals surface area (Å²) < 4.78 is 6.00. The minimum absolute atomic E-state index is 0.00905. The summed E-state index contributed by atoms with van der Waals surface area (Å²) in [7, 11) is 0. The van der Waals surface area contributed by atoms with Crippen molar-refractivity contribution in [1.82, 2.24) is 0 Å². The lowest BCUT2D eigenvalue weighted by atomic mass is 9.84. The van der Waals surface area contributed by atoms with Crippen LogP contribution in [0.15, 0.2) is 46.9 Å². The number of hydrogen-bond acceptors (Lipinski definition) is 2. The van der Waals surface area contributed by atoms with Gasteiger partial charge in [-0.05, 0) is 60.2 Å². The average molecular weight is 341 g/mol. The summed E-state index contributed by atoms with van der Waals surface area (Å²) >= 11 is 6.35. The molecule has 3 aromatic rings. The summed E-state index contributed by atoms with van der Waals surface area (Å²) in [6.07, 6.45) is 6.64. The third-order valence-corrected chi connectivity index (χ3v) is 5.41. The van der Waals surface area contributed by atoms with E-state index >= 15 is 0 Å². The highest BCUT2D eigenvalue weighted by molar-refractivity contribution is 6.33. The van der Waals surface area contributed by atoms with Crippen LogP contribution in [0.25, 0.3) is 22.3 Å². The van der Waals surface area contributed by atoms with Crippen LogP contribution in [0, 0.1) is 0 Å². The first kappa shape index (κ1) is 15.7. The van der Waals surface area contributed by atoms with Gasteiger partial charge >= 0.3 is 0 Å². The SMILES string of the molecule is OCc1ccc(-c2cc3cc(C4CCCCC4)ccc3o2)c(Cl)c1. The number of furan rings is 1. The predicted molar refractivity (Wildman–Crippen MR) is 98.4 cm³/mol. The van der Waals surface area contributed by atoms with Gasteiger partial charge in [-0.1, -0.05) is 43.0 Å². The highest BCUT2D eigenvalue weighted by Crippen LogP contribution is 2.37. The van der Waals surface area contributed by atoms with Crippen LogP contribution in [0.5, 0.6) is 0 Å². The van der Waals surface area contributed by atoms with E-state index in [-0.39, 0.29) is 6.61 Å². The molecule has 124 valence electrons. The molecule has 0 aliphatic heterocycles. The number of rotatable bonds is 3. The van der Waals surface area contributed by atoms with Crippen molar-refractivity contribution in [3.63, 3.8) is 0 Å². The summed E-state index contributed by atoms with van der Waals surface area (Å²) in [6.45, 7) is -0.00905. The van der Waals surface area contributed by atoms with Gasteiger partial charge in [0.15, 0.2) is 0 Å². The Bertz CT molecular complexity index is 859. The van der Waals surface area contributed by atoms with Gasteiger partial charge in [0.05, 0.1) is 11.6 Å². The van der Waals surface area contributed by atoms with Crippen LogP contribution in [0.4, 0.5) is 0 Å². The Morgan fingerprint density at radius 3 is 2.58 bits per heavy atom. The van der Waals surface area contributed by atoms with E-state index in [9.17, 15) is 5.11 Å². The van der Waals surface area contributed by atoms with Crippen LogP contribution < -0.4 is 0 Å². The number of hydrogen-bond donors (Lipinski definition) is 1. The number of fused-ring (bicyclic) bond motifs is 1. The molecule has 1 fully saturated rings. The van der Waals surface area contributed by atoms with Gasteiger partial charge in [0.25, 0.3) is 0 Å². The predicted octanol–water partition coefficient (Wildman–Crippen LogP) is 6.29. The second-order valence-electron chi connectivity index (χ2n) is 6.72. The molecule has 1 aliphatic rings. The molecule has 0 amide bonds. The molecular weight excluding hydrogens is 320 g/mol. The van der Waals surface area contributed by atoms with Crippen molar-refractivity contribution in [2.75, 3.05) is 0 Å². The highest BCUT2D eigenvalue weighted by atomic mass is 35.5. The number of halogens is 1. The Hall–Kier alpha value is -1.77. The lowest BCUT2D eigenvalue weighted by Crippen LogP contribution is -2.03. The standard InChI is InChI=1S/C21H21ClO2/c22-19-10-14(13-23)6-8-18(19)21-12-17-11-16(7-9-20(17)24-21)15-4-2-1-3-5-15/h6-12,15,23H,1-5,13H2. The Morgan fingerprint density at radius 1 is 1.00 bits per heavy atom. The van der Waals surface area contributed by atoms with Crippen molar-refractivity contribution >= 4 is 22.6 Å². The van der Waals surface area contributed by atoms with E-state index in [1.807, 2.05) is 12.1 Å². The molecule has 2 aromatic carbocycles. The Morgan fingerprint density at radius 2 is 1.83 bits per heavy atom. The zero-order valence-corrected chi connectivity index (χ0v) is 14.4. The van der Waals surface area contributed by atoms with Gasteiger partial charge in [0.2, 0.25) is 0 Å². The quantitative estimate of drug-likeness (QED) is 0.607. The van der Waals surface area contributed by atoms with Crippen molar-refractivity contribution in [2.24, 2.45) is 0 Å². The van der Waals surface area contributed by atoms with Crippen LogP contribution in [-0.4, -0.2) is 5.11 Å². The molecule has 1 saturated carbocycles. The van der Waals surface area contributed by atoms with E-state index < -0.39 is 0 Å². The van der Waals surface area contributed by atoms with Crippen LogP contribution >= 0.6 is 11.6 Å². The molecule has 0 bridgehead atoms. The molecule has 0 spiro atoms. The van der Waals surface area contributed by atoms with E-state index in [0.717, 1.165) is 27.9 Å². The molecule has 0 unspecified atom stereocenters. The minimum Gasteiger partial charge on any atom is -0.456 e. The number of aliphatic hydroxyl groups is 1. The number of benzene rings is 2. The van der Waals surface area contributed by atoms with Crippen LogP contribution in [0.3, 0.4) is 0 Å². The van der Waals surface area contributed by atoms with Crippen LogP contribution in [0.2, 0.25) is 5.02 Å². The molecule has 1 aromatic heterocycles. The normalized spacial score (nSPS) is 15.9. The van der Waals surface area contributed by atoms with E-state index in [4.69, 9.17) is 16.0 Å². The highest BCUT2D eigenvalue weighted by Gasteiger charge is 2.17. The van der Waals surface area contributed by atoms with Gasteiger partial charge in [-0.25, -0.2) is 0 Å². The van der Waals surface area contributed by atoms with E-state index in [2.05, 4.69) is 24.3 Å². The molecule has 0 atom stereocenters. The molecule has 0 saturated heterocycles. The Kier molecular flexibility index (Phi) is 4.34. The molecule has 3 heteroatoms. The second-order valence-corrected chi connectivity index (χ2v) is 7.12. The Balaban J connectivity index is 1.70. The maximum absolute atomic E-state index is 9.21. The summed E-state index contributed by atoms with van der Waals surface area (Å²) in [4.78, 5) is 0. The van der Waals surface area contributed by atoms with Gasteiger partial charge in [-0.3, -0.25) is 0 Å². The first-order chi connectivity index (χ1) is 11.7. The maximum atomic E-state index is 9.21. The van der Waals surface area contributed by atoms with Gasteiger partial charge in [0.1, 0.15) is 11.3 Å².